The quantitative estimate of drug-likeness (QED) is 0.0455. The fourth-order valence-electron chi connectivity index (χ4n) is 4.84. The number of phosphoric ester groups is 1. The minimum absolute atomic E-state index is 0.219. The van der Waals surface area contributed by atoms with Gasteiger partial charge in [-0.25, -0.2) is 4.57 Å². The largest absolute Gasteiger partial charge is 0.469 e. The highest BCUT2D eigenvalue weighted by Gasteiger charge is 2.22. The van der Waals surface area contributed by atoms with Gasteiger partial charge in [-0.15, -0.1) is 0 Å². The summed E-state index contributed by atoms with van der Waals surface area (Å²) in [5.74, 6) is -0.878. The zero-order chi connectivity index (χ0) is 30.4. The van der Waals surface area contributed by atoms with Crippen molar-refractivity contribution in [2.45, 2.75) is 180 Å². The van der Waals surface area contributed by atoms with Gasteiger partial charge >= 0.3 is 19.8 Å². The lowest BCUT2D eigenvalue weighted by Crippen LogP contribution is -2.29. The molecule has 0 amide bonds. The molecule has 41 heavy (non-hydrogen) atoms. The van der Waals surface area contributed by atoms with Crippen LogP contribution in [0.3, 0.4) is 0 Å². The first kappa shape index (κ1) is 40.1. The van der Waals surface area contributed by atoms with E-state index in [0.717, 1.165) is 32.1 Å². The van der Waals surface area contributed by atoms with Crippen LogP contribution in [0.5, 0.6) is 0 Å². The standard InChI is InChI=1S/C32H63O8P/c1-3-5-7-9-11-13-15-16-17-19-21-23-25-27-32(34)40-30(29-39-41(35,36)37)28-38-31(33)26-24-22-20-18-14-12-10-8-6-4-2/h30H,3-29H2,1-2H3,(H2,35,36,37)/t30-/m1/s1. The summed E-state index contributed by atoms with van der Waals surface area (Å²) in [4.78, 5) is 42.4. The molecule has 0 saturated heterocycles. The van der Waals surface area contributed by atoms with E-state index in [9.17, 15) is 14.2 Å². The summed E-state index contributed by atoms with van der Waals surface area (Å²) >= 11 is 0. The van der Waals surface area contributed by atoms with Crippen LogP contribution in [0.1, 0.15) is 174 Å². The third kappa shape index (κ3) is 31.8. The van der Waals surface area contributed by atoms with Crippen molar-refractivity contribution >= 4 is 19.8 Å². The van der Waals surface area contributed by atoms with Crippen molar-refractivity contribution in [1.29, 1.82) is 0 Å². The molecule has 0 aromatic rings. The molecule has 244 valence electrons. The Kier molecular flexibility index (Phi) is 28.5. The highest BCUT2D eigenvalue weighted by atomic mass is 31.2. The maximum Gasteiger partial charge on any atom is 0.469 e. The second kappa shape index (κ2) is 29.1. The molecule has 0 fully saturated rings. The minimum atomic E-state index is -4.73. The third-order valence-corrected chi connectivity index (χ3v) is 7.86. The molecule has 0 heterocycles. The van der Waals surface area contributed by atoms with Crippen molar-refractivity contribution in [2.75, 3.05) is 13.2 Å². The van der Waals surface area contributed by atoms with E-state index in [2.05, 4.69) is 18.4 Å². The van der Waals surface area contributed by atoms with Gasteiger partial charge in [0.15, 0.2) is 6.10 Å². The van der Waals surface area contributed by atoms with E-state index in [0.29, 0.717) is 6.42 Å². The summed E-state index contributed by atoms with van der Waals surface area (Å²) in [7, 11) is -4.73. The van der Waals surface area contributed by atoms with Gasteiger partial charge in [0.25, 0.3) is 0 Å². The van der Waals surface area contributed by atoms with Gasteiger partial charge in [0.1, 0.15) is 6.61 Å². The molecule has 0 aliphatic carbocycles. The number of carbonyl (C=O) groups is 2. The lowest BCUT2D eigenvalue weighted by Gasteiger charge is -2.18. The number of hydrogen-bond donors (Lipinski definition) is 2. The lowest BCUT2D eigenvalue weighted by atomic mass is 10.0. The topological polar surface area (TPSA) is 119 Å². The normalized spacial score (nSPS) is 12.4. The number of ether oxygens (including phenoxy) is 2. The van der Waals surface area contributed by atoms with Gasteiger partial charge in [-0.2, -0.15) is 0 Å². The van der Waals surface area contributed by atoms with Crippen molar-refractivity contribution in [3.05, 3.63) is 0 Å². The molecule has 1 atom stereocenters. The van der Waals surface area contributed by atoms with Gasteiger partial charge in [0.05, 0.1) is 6.61 Å². The Morgan fingerprint density at radius 3 is 1.24 bits per heavy atom. The number of unbranched alkanes of at least 4 members (excludes halogenated alkanes) is 21. The van der Waals surface area contributed by atoms with E-state index >= 15 is 0 Å². The molecule has 0 unspecified atom stereocenters. The van der Waals surface area contributed by atoms with Crippen LogP contribution in [-0.4, -0.2) is 41.0 Å². The molecule has 0 bridgehead atoms. The van der Waals surface area contributed by atoms with Gasteiger partial charge in [0.2, 0.25) is 0 Å². The number of rotatable bonds is 31. The molecule has 2 N–H and O–H groups in total. The maximum absolute atomic E-state index is 12.3. The number of esters is 2. The Morgan fingerprint density at radius 2 is 0.878 bits per heavy atom. The fraction of sp³-hybridized carbons (Fsp3) is 0.938. The number of phosphoric acid groups is 1. The zero-order valence-corrected chi connectivity index (χ0v) is 27.4. The van der Waals surface area contributed by atoms with E-state index in [1.807, 2.05) is 0 Å². The first-order valence-electron chi connectivity index (χ1n) is 16.8. The SMILES string of the molecule is CCCCCCCCCCCCCCCC(=O)O[C@H](COC(=O)CCCCCCCCCCCC)COP(=O)(O)O. The predicted octanol–water partition coefficient (Wildman–Crippen LogP) is 9.34. The molecule has 8 nitrogen and oxygen atoms in total. The summed E-state index contributed by atoms with van der Waals surface area (Å²) in [6.45, 7) is 3.65. The molecule has 0 aliphatic heterocycles. The third-order valence-electron chi connectivity index (χ3n) is 7.38. The lowest BCUT2D eigenvalue weighted by molar-refractivity contribution is -0.161. The van der Waals surface area contributed by atoms with E-state index in [4.69, 9.17) is 19.3 Å². The van der Waals surface area contributed by atoms with Gasteiger partial charge in [-0.1, -0.05) is 149 Å². The molecule has 0 aromatic carbocycles. The van der Waals surface area contributed by atoms with Crippen LogP contribution in [0.2, 0.25) is 0 Å². The predicted molar refractivity (Wildman–Crippen MR) is 166 cm³/mol. The van der Waals surface area contributed by atoms with Crippen LogP contribution < -0.4 is 0 Å². The van der Waals surface area contributed by atoms with Crippen molar-refractivity contribution in [3.63, 3.8) is 0 Å². The Balaban J connectivity index is 3.98. The summed E-state index contributed by atoms with van der Waals surface area (Å²) < 4.78 is 26.2. The molecule has 0 saturated carbocycles. The second-order valence-corrected chi connectivity index (χ2v) is 12.7. The first-order valence-corrected chi connectivity index (χ1v) is 18.4. The summed E-state index contributed by atoms with van der Waals surface area (Å²) in [5, 5.41) is 0. The van der Waals surface area contributed by atoms with E-state index in [-0.39, 0.29) is 19.4 Å². The van der Waals surface area contributed by atoms with Crippen molar-refractivity contribution in [3.8, 4) is 0 Å². The Morgan fingerprint density at radius 1 is 0.537 bits per heavy atom. The average molecular weight is 607 g/mol. The van der Waals surface area contributed by atoms with Crippen LogP contribution in [0.25, 0.3) is 0 Å². The first-order chi connectivity index (χ1) is 19.8. The maximum atomic E-state index is 12.3. The highest BCUT2D eigenvalue weighted by molar-refractivity contribution is 7.46. The molecule has 0 radical (unpaired) electrons. The average Bonchev–Trinajstić information content (AvgIpc) is 2.93. The zero-order valence-electron chi connectivity index (χ0n) is 26.5. The smallest absolute Gasteiger partial charge is 0.462 e. The van der Waals surface area contributed by atoms with Crippen LogP contribution in [-0.2, 0) is 28.2 Å². The molecule has 0 aliphatic rings. The van der Waals surface area contributed by atoms with Crippen LogP contribution in [0, 0.1) is 0 Å². The molecule has 9 heteroatoms. The number of carbonyl (C=O) groups excluding carboxylic acids is 2. The van der Waals surface area contributed by atoms with Gasteiger partial charge < -0.3 is 19.3 Å². The Hall–Kier alpha value is -0.950. The summed E-state index contributed by atoms with van der Waals surface area (Å²) in [6, 6.07) is 0. The molecular weight excluding hydrogens is 543 g/mol. The van der Waals surface area contributed by atoms with E-state index in [1.165, 1.54) is 109 Å². The molecule has 0 spiro atoms. The molecule has 0 rings (SSSR count). The van der Waals surface area contributed by atoms with Crippen molar-refractivity contribution < 1.29 is 37.9 Å². The molecular formula is C32H63O8P. The summed E-state index contributed by atoms with van der Waals surface area (Å²) in [5.41, 5.74) is 0. The van der Waals surface area contributed by atoms with Crippen molar-refractivity contribution in [1.82, 2.24) is 0 Å². The minimum Gasteiger partial charge on any atom is -0.462 e. The second-order valence-electron chi connectivity index (χ2n) is 11.5. The Labute approximate surface area is 251 Å². The van der Waals surface area contributed by atoms with Crippen LogP contribution >= 0.6 is 7.82 Å². The van der Waals surface area contributed by atoms with Crippen LogP contribution in [0.15, 0.2) is 0 Å². The van der Waals surface area contributed by atoms with Gasteiger partial charge in [-0.05, 0) is 12.8 Å². The van der Waals surface area contributed by atoms with E-state index in [1.54, 1.807) is 0 Å². The van der Waals surface area contributed by atoms with E-state index < -0.39 is 32.5 Å². The van der Waals surface area contributed by atoms with Crippen LogP contribution in [0.4, 0.5) is 0 Å². The monoisotopic (exact) mass is 606 g/mol. The van der Waals surface area contributed by atoms with Gasteiger partial charge in [0, 0.05) is 12.8 Å². The molecule has 0 aromatic heterocycles. The van der Waals surface area contributed by atoms with Gasteiger partial charge in [-0.3, -0.25) is 14.1 Å². The Bertz CT molecular complexity index is 652. The van der Waals surface area contributed by atoms with Crippen molar-refractivity contribution in [2.24, 2.45) is 0 Å². The number of hydrogen-bond acceptors (Lipinski definition) is 6. The fourth-order valence-corrected chi connectivity index (χ4v) is 5.20. The highest BCUT2D eigenvalue weighted by Crippen LogP contribution is 2.36. The summed E-state index contributed by atoms with van der Waals surface area (Å²) in [6.07, 6.45) is 26.8.